The van der Waals surface area contributed by atoms with E-state index >= 15 is 0 Å². The van der Waals surface area contributed by atoms with Gasteiger partial charge in [0.05, 0.1) is 6.10 Å². The number of para-hydroxylation sites is 1. The molecule has 0 bridgehead atoms. The number of hydrogen-bond acceptors (Lipinski definition) is 4. The number of nitrogens with zero attached hydrogens (tertiary/aromatic N) is 4. The van der Waals surface area contributed by atoms with E-state index in [0.717, 1.165) is 55.4 Å². The molecule has 1 aliphatic rings. The number of aryl methyl sites for hydroxylation is 1. The van der Waals surface area contributed by atoms with Gasteiger partial charge in [-0.1, -0.05) is 25.1 Å². The van der Waals surface area contributed by atoms with Crippen LogP contribution in [0.25, 0.3) is 0 Å². The number of halogens is 1. The van der Waals surface area contributed by atoms with Crippen LogP contribution in [0, 0.1) is 0 Å². The van der Waals surface area contributed by atoms with Gasteiger partial charge in [-0.25, -0.2) is 0 Å². The monoisotopic (exact) mass is 498 g/mol. The Bertz CT molecular complexity index is 742. The average Bonchev–Trinajstić information content (AvgIpc) is 3.37. The maximum atomic E-state index is 6.21. The molecule has 0 aliphatic heterocycles. The zero-order chi connectivity index (χ0) is 18.9. The number of aliphatic imine (C=N–C) groups is 1. The third-order valence-corrected chi connectivity index (χ3v) is 4.90. The number of ether oxygens (including phenoxy) is 1. The standard InChI is InChI=1S/C20H30N6O.HI/c1-3-19-25-24-15-26(19)13-12-22-20(21-2)23-14-16-8-4-7-11-18(16)27-17-9-5-6-10-17;/h4,7-8,11,15,17H,3,5-6,9-10,12-14H2,1-2H3,(H2,21,22,23);1H. The van der Waals surface area contributed by atoms with Crippen molar-refractivity contribution < 1.29 is 4.74 Å². The average molecular weight is 498 g/mol. The first kappa shape index (κ1) is 22.4. The minimum absolute atomic E-state index is 0. The summed E-state index contributed by atoms with van der Waals surface area (Å²) in [5.74, 6) is 2.75. The van der Waals surface area contributed by atoms with Gasteiger partial charge in [0, 0.05) is 38.7 Å². The molecule has 0 radical (unpaired) electrons. The predicted molar refractivity (Wildman–Crippen MR) is 122 cm³/mol. The van der Waals surface area contributed by atoms with Crippen LogP contribution in [0.1, 0.15) is 44.0 Å². The van der Waals surface area contributed by atoms with Crippen LogP contribution >= 0.6 is 24.0 Å². The molecule has 0 atom stereocenters. The van der Waals surface area contributed by atoms with Crippen molar-refractivity contribution in [1.29, 1.82) is 0 Å². The molecule has 2 aromatic rings. The van der Waals surface area contributed by atoms with E-state index in [1.807, 2.05) is 12.1 Å². The fraction of sp³-hybridized carbons (Fsp3) is 0.550. The first-order chi connectivity index (χ1) is 13.3. The molecule has 0 saturated heterocycles. The molecule has 8 heteroatoms. The van der Waals surface area contributed by atoms with Gasteiger partial charge in [-0.05, 0) is 31.7 Å². The second kappa shape index (κ2) is 11.9. The highest BCUT2D eigenvalue weighted by molar-refractivity contribution is 14.0. The molecule has 28 heavy (non-hydrogen) atoms. The lowest BCUT2D eigenvalue weighted by Gasteiger charge is -2.18. The molecule has 0 spiro atoms. The van der Waals surface area contributed by atoms with E-state index in [-0.39, 0.29) is 24.0 Å². The summed E-state index contributed by atoms with van der Waals surface area (Å²) >= 11 is 0. The fourth-order valence-corrected chi connectivity index (χ4v) is 3.38. The van der Waals surface area contributed by atoms with Crippen LogP contribution in [0.5, 0.6) is 5.75 Å². The largest absolute Gasteiger partial charge is 0.490 e. The Morgan fingerprint density at radius 1 is 1.25 bits per heavy atom. The molecule has 3 rings (SSSR count). The number of rotatable bonds is 8. The van der Waals surface area contributed by atoms with Crippen LogP contribution in [0.2, 0.25) is 0 Å². The summed E-state index contributed by atoms with van der Waals surface area (Å²) in [5, 5.41) is 14.8. The number of guanidine groups is 1. The van der Waals surface area contributed by atoms with Crippen LogP contribution in [0.4, 0.5) is 0 Å². The molecule has 1 aliphatic carbocycles. The number of benzene rings is 1. The SMILES string of the molecule is CCc1nncn1CCNC(=NC)NCc1ccccc1OC1CCCC1.I. The molecule has 1 aromatic heterocycles. The molecular weight excluding hydrogens is 467 g/mol. The van der Waals surface area contributed by atoms with Crippen molar-refractivity contribution in [2.24, 2.45) is 4.99 Å². The van der Waals surface area contributed by atoms with Gasteiger partial charge in [0.1, 0.15) is 17.9 Å². The molecule has 0 amide bonds. The lowest BCUT2D eigenvalue weighted by molar-refractivity contribution is 0.208. The van der Waals surface area contributed by atoms with Crippen molar-refractivity contribution in [3.8, 4) is 5.75 Å². The normalized spacial score (nSPS) is 14.6. The van der Waals surface area contributed by atoms with E-state index in [2.05, 4.69) is 49.4 Å². The Labute approximate surface area is 184 Å². The molecule has 1 saturated carbocycles. The van der Waals surface area contributed by atoms with Crippen molar-refractivity contribution in [3.63, 3.8) is 0 Å². The highest BCUT2D eigenvalue weighted by Gasteiger charge is 2.17. The first-order valence-electron chi connectivity index (χ1n) is 9.86. The lowest BCUT2D eigenvalue weighted by Crippen LogP contribution is -2.38. The van der Waals surface area contributed by atoms with E-state index in [1.54, 1.807) is 13.4 Å². The van der Waals surface area contributed by atoms with Crippen LogP contribution in [-0.2, 0) is 19.5 Å². The Hall–Kier alpha value is -1.84. The summed E-state index contributed by atoms with van der Waals surface area (Å²) in [6.45, 7) is 4.32. The summed E-state index contributed by atoms with van der Waals surface area (Å²) in [6, 6.07) is 8.25. The van der Waals surface area contributed by atoms with Gasteiger partial charge < -0.3 is 19.9 Å². The number of aromatic nitrogens is 3. The Kier molecular flexibility index (Phi) is 9.52. The fourth-order valence-electron chi connectivity index (χ4n) is 3.38. The minimum Gasteiger partial charge on any atom is -0.490 e. The molecular formula is C20H31IN6O. The van der Waals surface area contributed by atoms with Gasteiger partial charge in [-0.3, -0.25) is 4.99 Å². The van der Waals surface area contributed by atoms with E-state index in [4.69, 9.17) is 4.74 Å². The third-order valence-electron chi connectivity index (χ3n) is 4.90. The van der Waals surface area contributed by atoms with Crippen molar-refractivity contribution in [2.75, 3.05) is 13.6 Å². The number of hydrogen-bond donors (Lipinski definition) is 2. The van der Waals surface area contributed by atoms with Crippen LogP contribution < -0.4 is 15.4 Å². The van der Waals surface area contributed by atoms with E-state index in [0.29, 0.717) is 12.6 Å². The molecule has 1 heterocycles. The quantitative estimate of drug-likeness (QED) is 0.332. The molecule has 0 unspecified atom stereocenters. The van der Waals surface area contributed by atoms with Crippen LogP contribution in [-0.4, -0.2) is 40.4 Å². The molecule has 7 nitrogen and oxygen atoms in total. The molecule has 2 N–H and O–H groups in total. The highest BCUT2D eigenvalue weighted by atomic mass is 127. The molecule has 1 fully saturated rings. The summed E-state index contributed by atoms with van der Waals surface area (Å²) in [5.41, 5.74) is 1.15. The zero-order valence-corrected chi connectivity index (χ0v) is 19.1. The van der Waals surface area contributed by atoms with E-state index in [9.17, 15) is 0 Å². The van der Waals surface area contributed by atoms with E-state index in [1.165, 1.54) is 12.8 Å². The second-order valence-corrected chi connectivity index (χ2v) is 6.78. The summed E-state index contributed by atoms with van der Waals surface area (Å²) in [6.07, 6.45) is 7.88. The van der Waals surface area contributed by atoms with Gasteiger partial charge in [0.15, 0.2) is 5.96 Å². The van der Waals surface area contributed by atoms with Crippen LogP contribution in [0.15, 0.2) is 35.6 Å². The first-order valence-corrected chi connectivity index (χ1v) is 9.86. The van der Waals surface area contributed by atoms with Gasteiger partial charge >= 0.3 is 0 Å². The van der Waals surface area contributed by atoms with Gasteiger partial charge in [0.2, 0.25) is 0 Å². The number of nitrogens with one attached hydrogen (secondary N) is 2. The van der Waals surface area contributed by atoms with Gasteiger partial charge in [-0.2, -0.15) is 0 Å². The summed E-state index contributed by atoms with van der Waals surface area (Å²) in [7, 11) is 1.78. The third kappa shape index (κ3) is 6.35. The Morgan fingerprint density at radius 3 is 2.79 bits per heavy atom. The predicted octanol–water partition coefficient (Wildman–Crippen LogP) is 3.15. The highest BCUT2D eigenvalue weighted by Crippen LogP contribution is 2.26. The Balaban J connectivity index is 0.00000280. The Morgan fingerprint density at radius 2 is 2.04 bits per heavy atom. The maximum absolute atomic E-state index is 6.21. The summed E-state index contributed by atoms with van der Waals surface area (Å²) in [4.78, 5) is 4.31. The van der Waals surface area contributed by atoms with Gasteiger partial charge in [0.25, 0.3) is 0 Å². The van der Waals surface area contributed by atoms with Crippen molar-refractivity contribution in [1.82, 2.24) is 25.4 Å². The summed E-state index contributed by atoms with van der Waals surface area (Å²) < 4.78 is 8.27. The van der Waals surface area contributed by atoms with Crippen molar-refractivity contribution in [2.45, 2.75) is 58.2 Å². The lowest BCUT2D eigenvalue weighted by atomic mass is 10.2. The second-order valence-electron chi connectivity index (χ2n) is 6.78. The molecule has 1 aromatic carbocycles. The topological polar surface area (TPSA) is 76.4 Å². The maximum Gasteiger partial charge on any atom is 0.191 e. The van der Waals surface area contributed by atoms with Crippen molar-refractivity contribution in [3.05, 3.63) is 42.0 Å². The minimum atomic E-state index is 0. The van der Waals surface area contributed by atoms with E-state index < -0.39 is 0 Å². The van der Waals surface area contributed by atoms with Crippen molar-refractivity contribution >= 4 is 29.9 Å². The molecule has 154 valence electrons. The van der Waals surface area contributed by atoms with Crippen LogP contribution in [0.3, 0.4) is 0 Å². The smallest absolute Gasteiger partial charge is 0.191 e. The zero-order valence-electron chi connectivity index (χ0n) is 16.7. The van der Waals surface area contributed by atoms with Gasteiger partial charge in [-0.15, -0.1) is 34.2 Å².